The quantitative estimate of drug-likeness (QED) is 0.612. The van der Waals surface area contributed by atoms with Crippen molar-refractivity contribution in [3.05, 3.63) is 30.3 Å². The van der Waals surface area contributed by atoms with Crippen LogP contribution >= 0.6 is 0 Å². The van der Waals surface area contributed by atoms with Gasteiger partial charge in [0.1, 0.15) is 12.4 Å². The third kappa shape index (κ3) is 8.00. The molecule has 0 saturated carbocycles. The summed E-state index contributed by atoms with van der Waals surface area (Å²) in [6, 6.07) is 9.83. The highest BCUT2D eigenvalue weighted by atomic mass is 16.5. The van der Waals surface area contributed by atoms with Gasteiger partial charge in [0, 0.05) is 52.7 Å². The van der Waals surface area contributed by atoms with Gasteiger partial charge in [-0.2, -0.15) is 0 Å². The fourth-order valence-corrected chi connectivity index (χ4v) is 2.68. The van der Waals surface area contributed by atoms with Crippen LogP contribution in [0.5, 0.6) is 5.75 Å². The van der Waals surface area contributed by atoms with Crippen LogP contribution in [-0.4, -0.2) is 80.6 Å². The highest BCUT2D eigenvalue weighted by Crippen LogP contribution is 2.08. The molecule has 1 fully saturated rings. The number of carbonyl (C=O) groups excluding carboxylic acids is 2. The highest BCUT2D eigenvalue weighted by molar-refractivity contribution is 5.78. The number of piperazine rings is 1. The maximum atomic E-state index is 11.9. The van der Waals surface area contributed by atoms with Crippen LogP contribution in [0.4, 0.5) is 0 Å². The van der Waals surface area contributed by atoms with Crippen LogP contribution in [0.15, 0.2) is 30.3 Å². The van der Waals surface area contributed by atoms with Crippen LogP contribution in [0.1, 0.15) is 6.92 Å². The van der Waals surface area contributed by atoms with Crippen molar-refractivity contribution in [2.24, 2.45) is 0 Å². The molecule has 0 spiro atoms. The number of para-hydroxylation sites is 1. The topological polar surface area (TPSA) is 73.9 Å². The predicted molar refractivity (Wildman–Crippen MR) is 96.5 cm³/mol. The van der Waals surface area contributed by atoms with E-state index in [2.05, 4.69) is 20.4 Å². The van der Waals surface area contributed by atoms with Crippen molar-refractivity contribution >= 4 is 11.8 Å². The first-order chi connectivity index (χ1) is 12.1. The van der Waals surface area contributed by atoms with Crippen molar-refractivity contribution < 1.29 is 14.3 Å². The summed E-state index contributed by atoms with van der Waals surface area (Å²) in [6.45, 7) is 8.02. The molecule has 0 radical (unpaired) electrons. The number of nitrogens with zero attached hydrogens (tertiary/aromatic N) is 2. The molecular formula is C18H28N4O3. The molecule has 2 amide bonds. The molecule has 0 unspecified atom stereocenters. The van der Waals surface area contributed by atoms with Gasteiger partial charge in [-0.1, -0.05) is 18.2 Å². The fourth-order valence-electron chi connectivity index (χ4n) is 2.68. The summed E-state index contributed by atoms with van der Waals surface area (Å²) in [7, 11) is 0. The van der Waals surface area contributed by atoms with Gasteiger partial charge in [-0.05, 0) is 12.1 Å². The summed E-state index contributed by atoms with van der Waals surface area (Å²) in [5.74, 6) is 0.824. The molecule has 7 nitrogen and oxygen atoms in total. The number of hydrogen-bond donors (Lipinski definition) is 2. The molecule has 1 aliphatic rings. The van der Waals surface area contributed by atoms with E-state index in [0.29, 0.717) is 26.2 Å². The lowest BCUT2D eigenvalue weighted by Crippen LogP contribution is -2.50. The van der Waals surface area contributed by atoms with Gasteiger partial charge in [0.2, 0.25) is 11.8 Å². The highest BCUT2D eigenvalue weighted by Gasteiger charge is 2.18. The molecule has 1 saturated heterocycles. The molecule has 1 aliphatic heterocycles. The SMILES string of the molecule is CC(=O)NCCNC(=O)CN1CCN(CCOc2ccccc2)CC1. The largest absolute Gasteiger partial charge is 0.492 e. The Hall–Kier alpha value is -2.12. The Labute approximate surface area is 149 Å². The fraction of sp³-hybridized carbons (Fsp3) is 0.556. The van der Waals surface area contributed by atoms with Crippen LogP contribution in [0.3, 0.4) is 0 Å². The van der Waals surface area contributed by atoms with Crippen molar-refractivity contribution in [1.29, 1.82) is 0 Å². The maximum absolute atomic E-state index is 11.9. The first-order valence-corrected chi connectivity index (χ1v) is 8.77. The van der Waals surface area contributed by atoms with Crippen LogP contribution in [0.2, 0.25) is 0 Å². The van der Waals surface area contributed by atoms with Crippen molar-refractivity contribution in [2.75, 3.05) is 59.0 Å². The minimum absolute atomic E-state index is 0.00575. The van der Waals surface area contributed by atoms with E-state index in [4.69, 9.17) is 4.74 Å². The Morgan fingerprint density at radius 2 is 1.64 bits per heavy atom. The molecule has 138 valence electrons. The number of ether oxygens (including phenoxy) is 1. The average molecular weight is 348 g/mol. The van der Waals surface area contributed by atoms with Gasteiger partial charge >= 0.3 is 0 Å². The molecule has 7 heteroatoms. The van der Waals surface area contributed by atoms with Gasteiger partial charge in [0.25, 0.3) is 0 Å². The minimum atomic E-state index is -0.0818. The summed E-state index contributed by atoms with van der Waals surface area (Å²) in [4.78, 5) is 27.1. The summed E-state index contributed by atoms with van der Waals surface area (Å²) < 4.78 is 5.72. The second-order valence-electron chi connectivity index (χ2n) is 6.11. The third-order valence-electron chi connectivity index (χ3n) is 4.07. The van der Waals surface area contributed by atoms with E-state index in [-0.39, 0.29) is 11.8 Å². The van der Waals surface area contributed by atoms with Gasteiger partial charge in [-0.15, -0.1) is 0 Å². The molecule has 0 aliphatic carbocycles. The predicted octanol–water partition coefficient (Wildman–Crippen LogP) is -0.0647. The van der Waals surface area contributed by atoms with Crippen molar-refractivity contribution in [2.45, 2.75) is 6.92 Å². The zero-order valence-electron chi connectivity index (χ0n) is 14.9. The lowest BCUT2D eigenvalue weighted by atomic mass is 10.3. The van der Waals surface area contributed by atoms with Crippen molar-refractivity contribution in [3.8, 4) is 5.75 Å². The van der Waals surface area contributed by atoms with E-state index < -0.39 is 0 Å². The molecule has 2 N–H and O–H groups in total. The molecular weight excluding hydrogens is 320 g/mol. The van der Waals surface area contributed by atoms with Gasteiger partial charge in [0.05, 0.1) is 6.54 Å². The smallest absolute Gasteiger partial charge is 0.234 e. The Kier molecular flexibility index (Phi) is 8.21. The van der Waals surface area contributed by atoms with E-state index in [9.17, 15) is 9.59 Å². The number of amides is 2. The Balaban J connectivity index is 1.53. The van der Waals surface area contributed by atoms with Crippen LogP contribution in [0.25, 0.3) is 0 Å². The average Bonchev–Trinajstić information content (AvgIpc) is 2.61. The van der Waals surface area contributed by atoms with E-state index in [0.717, 1.165) is 38.5 Å². The number of hydrogen-bond acceptors (Lipinski definition) is 5. The zero-order chi connectivity index (χ0) is 17.9. The van der Waals surface area contributed by atoms with E-state index in [1.54, 1.807) is 0 Å². The summed E-state index contributed by atoms with van der Waals surface area (Å²) in [6.07, 6.45) is 0. The standard InChI is InChI=1S/C18H28N4O3/c1-16(23)19-7-8-20-18(24)15-22-11-9-21(10-12-22)13-14-25-17-5-3-2-4-6-17/h2-6H,7-15H2,1H3,(H,19,23)(H,20,24). The van der Waals surface area contributed by atoms with Crippen LogP contribution in [-0.2, 0) is 9.59 Å². The maximum Gasteiger partial charge on any atom is 0.234 e. The molecule has 25 heavy (non-hydrogen) atoms. The Morgan fingerprint density at radius 1 is 1.00 bits per heavy atom. The summed E-state index contributed by atoms with van der Waals surface area (Å²) in [5, 5.41) is 5.48. The third-order valence-corrected chi connectivity index (χ3v) is 4.07. The van der Waals surface area contributed by atoms with E-state index in [1.165, 1.54) is 6.92 Å². The Morgan fingerprint density at radius 3 is 2.32 bits per heavy atom. The zero-order valence-corrected chi connectivity index (χ0v) is 14.9. The molecule has 1 aromatic rings. The van der Waals surface area contributed by atoms with E-state index in [1.807, 2.05) is 30.3 Å². The van der Waals surface area contributed by atoms with Gasteiger partial charge in [0.15, 0.2) is 0 Å². The van der Waals surface area contributed by atoms with Gasteiger partial charge < -0.3 is 15.4 Å². The Bertz CT molecular complexity index is 530. The lowest BCUT2D eigenvalue weighted by Gasteiger charge is -2.34. The first-order valence-electron chi connectivity index (χ1n) is 8.77. The summed E-state index contributed by atoms with van der Waals surface area (Å²) in [5.41, 5.74) is 0. The first kappa shape index (κ1) is 19.2. The summed E-state index contributed by atoms with van der Waals surface area (Å²) >= 11 is 0. The van der Waals surface area contributed by atoms with Gasteiger partial charge in [-0.3, -0.25) is 19.4 Å². The lowest BCUT2D eigenvalue weighted by molar-refractivity contribution is -0.123. The second-order valence-corrected chi connectivity index (χ2v) is 6.11. The molecule has 1 aromatic carbocycles. The minimum Gasteiger partial charge on any atom is -0.492 e. The molecule has 0 aromatic heterocycles. The number of benzene rings is 1. The molecule has 1 heterocycles. The van der Waals surface area contributed by atoms with Gasteiger partial charge in [-0.25, -0.2) is 0 Å². The number of rotatable bonds is 9. The van der Waals surface area contributed by atoms with Crippen LogP contribution in [0, 0.1) is 0 Å². The van der Waals surface area contributed by atoms with Crippen molar-refractivity contribution in [1.82, 2.24) is 20.4 Å². The molecule has 0 bridgehead atoms. The van der Waals surface area contributed by atoms with Crippen LogP contribution < -0.4 is 15.4 Å². The molecule has 2 rings (SSSR count). The number of carbonyl (C=O) groups is 2. The van der Waals surface area contributed by atoms with Crippen molar-refractivity contribution in [3.63, 3.8) is 0 Å². The van der Waals surface area contributed by atoms with E-state index >= 15 is 0 Å². The monoisotopic (exact) mass is 348 g/mol. The second kappa shape index (κ2) is 10.7. The normalized spacial score (nSPS) is 15.6. The molecule has 0 atom stereocenters. The number of nitrogens with one attached hydrogen (secondary N) is 2.